The number of pyridine rings is 1. The van der Waals surface area contributed by atoms with E-state index in [1.54, 1.807) is 13.3 Å². The second-order valence-corrected chi connectivity index (χ2v) is 7.56. The van der Waals surface area contributed by atoms with E-state index in [-0.39, 0.29) is 6.67 Å². The number of carbonyl (C=O) groups is 1. The Kier molecular flexibility index (Phi) is 11.6. The number of alkyl carbamates (subject to hydrolysis) is 1. The van der Waals surface area contributed by atoms with Crippen molar-refractivity contribution in [1.29, 1.82) is 0 Å². The Morgan fingerprint density at radius 1 is 1.03 bits per heavy atom. The van der Waals surface area contributed by atoms with Crippen LogP contribution in [0.25, 0.3) is 10.9 Å². The van der Waals surface area contributed by atoms with Crippen LogP contribution in [-0.4, -0.2) is 30.5 Å². The Morgan fingerprint density at radius 3 is 2.28 bits per heavy atom. The van der Waals surface area contributed by atoms with Crippen LogP contribution < -0.4 is 16.4 Å². The van der Waals surface area contributed by atoms with Gasteiger partial charge in [-0.15, -0.1) is 0 Å². The highest BCUT2D eigenvalue weighted by Gasteiger charge is 2.15. The largest absolute Gasteiger partial charge is 0.444 e. The number of nitrogen functional groups attached to an aromatic ring is 1. The van der Waals surface area contributed by atoms with E-state index in [1.165, 1.54) is 5.56 Å². The third-order valence-electron chi connectivity index (χ3n) is 3.86. The molecule has 7 heteroatoms. The van der Waals surface area contributed by atoms with Gasteiger partial charge in [-0.2, -0.15) is 0 Å². The molecule has 0 spiro atoms. The number of nitrogens with two attached hydrogens (primary N) is 1. The molecule has 1 aromatic heterocycles. The van der Waals surface area contributed by atoms with E-state index in [0.717, 1.165) is 16.6 Å². The van der Waals surface area contributed by atoms with Gasteiger partial charge >= 0.3 is 6.09 Å². The van der Waals surface area contributed by atoms with Crippen molar-refractivity contribution < 1.29 is 14.3 Å². The van der Waals surface area contributed by atoms with Crippen LogP contribution in [0, 0.1) is 0 Å². The normalized spacial score (nSPS) is 10.2. The lowest BCUT2D eigenvalue weighted by Gasteiger charge is -2.20. The van der Waals surface area contributed by atoms with Gasteiger partial charge in [0.25, 0.3) is 0 Å². The molecule has 1 heterocycles. The average molecular weight is 441 g/mol. The van der Waals surface area contributed by atoms with E-state index >= 15 is 0 Å². The summed E-state index contributed by atoms with van der Waals surface area (Å²) in [6, 6.07) is 17.8. The first-order valence-electron chi connectivity index (χ1n) is 10.7. The van der Waals surface area contributed by atoms with Gasteiger partial charge in [-0.3, -0.25) is 4.98 Å². The fraction of sp³-hybridized carbons (Fsp3) is 0.360. The van der Waals surface area contributed by atoms with Crippen LogP contribution in [0.5, 0.6) is 0 Å². The van der Waals surface area contributed by atoms with Gasteiger partial charge in [0, 0.05) is 12.5 Å². The van der Waals surface area contributed by atoms with Crippen LogP contribution in [0.3, 0.4) is 0 Å². The van der Waals surface area contributed by atoms with Crippen molar-refractivity contribution in [1.82, 2.24) is 10.3 Å². The summed E-state index contributed by atoms with van der Waals surface area (Å²) in [4.78, 5) is 15.8. The number of benzene rings is 2. The van der Waals surface area contributed by atoms with Crippen LogP contribution in [0.1, 0.15) is 40.2 Å². The van der Waals surface area contributed by atoms with Crippen molar-refractivity contribution in [3.05, 3.63) is 66.4 Å². The van der Waals surface area contributed by atoms with E-state index in [9.17, 15) is 4.79 Å². The zero-order valence-electron chi connectivity index (χ0n) is 19.9. The number of hydrogen-bond donors (Lipinski definition) is 3. The lowest BCUT2D eigenvalue weighted by molar-refractivity contribution is 0.0532. The molecule has 0 saturated carbocycles. The predicted molar refractivity (Wildman–Crippen MR) is 133 cm³/mol. The third-order valence-corrected chi connectivity index (χ3v) is 3.86. The van der Waals surface area contributed by atoms with Gasteiger partial charge in [-0.05, 0) is 32.4 Å². The number of nitrogens with zero attached hydrogens (tertiary/aromatic N) is 1. The highest BCUT2D eigenvalue weighted by molar-refractivity contribution is 5.96. The summed E-state index contributed by atoms with van der Waals surface area (Å²) < 4.78 is 10.1. The molecule has 3 aromatic rings. The van der Waals surface area contributed by atoms with Crippen LogP contribution in [0.15, 0.2) is 60.8 Å². The minimum absolute atomic E-state index is 0.215. The first-order valence-corrected chi connectivity index (χ1v) is 10.7. The molecule has 32 heavy (non-hydrogen) atoms. The second kappa shape index (κ2) is 13.9. The van der Waals surface area contributed by atoms with E-state index in [2.05, 4.69) is 15.6 Å². The molecule has 0 bridgehead atoms. The maximum Gasteiger partial charge on any atom is 0.409 e. The molecule has 3 rings (SSSR count). The molecule has 174 valence electrons. The molecule has 0 aliphatic carbocycles. The van der Waals surface area contributed by atoms with Crippen LogP contribution in [-0.2, 0) is 16.1 Å². The molecular weight excluding hydrogens is 404 g/mol. The average Bonchev–Trinajstić information content (AvgIpc) is 2.77. The monoisotopic (exact) mass is 440 g/mol. The van der Waals surface area contributed by atoms with E-state index in [0.29, 0.717) is 12.3 Å². The van der Waals surface area contributed by atoms with Crippen molar-refractivity contribution in [2.45, 2.75) is 46.8 Å². The molecule has 1 amide bonds. The van der Waals surface area contributed by atoms with Crippen LogP contribution in [0.2, 0.25) is 0 Å². The lowest BCUT2D eigenvalue weighted by Crippen LogP contribution is -2.35. The van der Waals surface area contributed by atoms with Crippen molar-refractivity contribution in [2.75, 3.05) is 24.8 Å². The van der Waals surface area contributed by atoms with Gasteiger partial charge in [0.05, 0.1) is 36.4 Å². The molecule has 0 atom stereocenters. The molecule has 0 aliphatic heterocycles. The highest BCUT2D eigenvalue weighted by atomic mass is 16.6. The molecular formula is C25H36N4O3. The molecule has 0 unspecified atom stereocenters. The van der Waals surface area contributed by atoms with E-state index in [1.807, 2.05) is 89.2 Å². The van der Waals surface area contributed by atoms with Gasteiger partial charge in [0.2, 0.25) is 0 Å². The molecule has 0 aliphatic rings. The number of hydrogen-bond acceptors (Lipinski definition) is 6. The SMILES string of the molecule is CC.CC(C)(C)OC(=O)NCNc1c(N)cnc2ccccc12.COCc1ccccc1. The lowest BCUT2D eigenvalue weighted by atomic mass is 10.1. The first kappa shape index (κ1) is 26.7. The zero-order valence-corrected chi connectivity index (χ0v) is 19.9. The minimum Gasteiger partial charge on any atom is -0.444 e. The predicted octanol–water partition coefficient (Wildman–Crippen LogP) is 5.57. The van der Waals surface area contributed by atoms with Crippen molar-refractivity contribution in [3.63, 3.8) is 0 Å². The smallest absolute Gasteiger partial charge is 0.409 e. The number of carbonyl (C=O) groups excluding carboxylic acids is 1. The summed E-state index contributed by atoms with van der Waals surface area (Å²) in [6.07, 6.45) is 1.12. The number of ether oxygens (including phenoxy) is 2. The highest BCUT2D eigenvalue weighted by Crippen LogP contribution is 2.27. The molecule has 0 saturated heterocycles. The summed E-state index contributed by atoms with van der Waals surface area (Å²) in [5.41, 5.74) is 8.75. The molecule has 0 fully saturated rings. The number of rotatable bonds is 5. The Balaban J connectivity index is 0.000000388. The Hall–Kier alpha value is -3.32. The molecule has 0 radical (unpaired) electrons. The minimum atomic E-state index is -0.521. The topological polar surface area (TPSA) is 98.5 Å². The summed E-state index contributed by atoms with van der Waals surface area (Å²) in [5, 5.41) is 6.63. The van der Waals surface area contributed by atoms with Gasteiger partial charge < -0.3 is 25.8 Å². The van der Waals surface area contributed by atoms with Gasteiger partial charge in [-0.25, -0.2) is 4.79 Å². The van der Waals surface area contributed by atoms with Gasteiger partial charge in [-0.1, -0.05) is 62.4 Å². The Labute approximate surface area is 191 Å². The van der Waals surface area contributed by atoms with E-state index in [4.69, 9.17) is 15.2 Å². The summed E-state index contributed by atoms with van der Waals surface area (Å²) in [6.45, 7) is 10.4. The van der Waals surface area contributed by atoms with Crippen molar-refractivity contribution in [2.24, 2.45) is 0 Å². The number of para-hydroxylation sites is 1. The number of fused-ring (bicyclic) bond motifs is 1. The number of nitrogens with one attached hydrogen (secondary N) is 2. The summed E-state index contributed by atoms with van der Waals surface area (Å²) in [7, 11) is 1.70. The van der Waals surface area contributed by atoms with Gasteiger partial charge in [0.15, 0.2) is 0 Å². The van der Waals surface area contributed by atoms with Gasteiger partial charge in [0.1, 0.15) is 5.60 Å². The maximum atomic E-state index is 11.6. The number of amides is 1. The fourth-order valence-corrected chi connectivity index (χ4v) is 2.61. The molecule has 7 nitrogen and oxygen atoms in total. The Morgan fingerprint density at radius 2 is 1.66 bits per heavy atom. The third kappa shape index (κ3) is 9.66. The fourth-order valence-electron chi connectivity index (χ4n) is 2.61. The summed E-state index contributed by atoms with van der Waals surface area (Å²) in [5.74, 6) is 0. The summed E-state index contributed by atoms with van der Waals surface area (Å²) >= 11 is 0. The van der Waals surface area contributed by atoms with E-state index < -0.39 is 11.7 Å². The molecule has 4 N–H and O–H groups in total. The first-order chi connectivity index (χ1) is 15.3. The van der Waals surface area contributed by atoms with Crippen LogP contribution in [0.4, 0.5) is 16.2 Å². The quantitative estimate of drug-likeness (QED) is 0.449. The zero-order chi connectivity index (χ0) is 24.0. The van der Waals surface area contributed by atoms with Crippen molar-refractivity contribution >= 4 is 28.4 Å². The number of methoxy groups -OCH3 is 1. The number of anilines is 2. The maximum absolute atomic E-state index is 11.6. The second-order valence-electron chi connectivity index (χ2n) is 7.56. The van der Waals surface area contributed by atoms with Crippen LogP contribution >= 0.6 is 0 Å². The van der Waals surface area contributed by atoms with Crippen molar-refractivity contribution in [3.8, 4) is 0 Å². The molecule has 2 aromatic carbocycles. The number of aromatic nitrogens is 1. The Bertz CT molecular complexity index is 941. The standard InChI is InChI=1S/C15H20N4O2.C8H10O.C2H6/c1-15(2,3)21-14(20)19-9-18-13-10-6-4-5-7-12(10)17-8-11(13)16;1-9-7-8-5-3-2-4-6-8;1-2/h4-8H,9,16H2,1-3H3,(H,17,18)(H,19,20);2-6H,7H2,1H3;1-2H3.